The van der Waals surface area contributed by atoms with E-state index in [1.165, 1.54) is 20.9 Å². The van der Waals surface area contributed by atoms with Gasteiger partial charge in [0.2, 0.25) is 0 Å². The molecular formula is C19H38N2O9. The summed E-state index contributed by atoms with van der Waals surface area (Å²) in [6.45, 7) is 6.41. The molecule has 4 N–H and O–H groups in total. The third-order valence-electron chi connectivity index (χ3n) is 3.67. The largest absolute Gasteiger partial charge is 0.463 e. The monoisotopic (exact) mass is 438 g/mol. The van der Waals surface area contributed by atoms with Crippen LogP contribution in [0.25, 0.3) is 0 Å². The highest BCUT2D eigenvalue weighted by molar-refractivity contribution is 5.66. The molecule has 0 aliphatic carbocycles. The zero-order valence-corrected chi connectivity index (χ0v) is 18.3. The van der Waals surface area contributed by atoms with Crippen LogP contribution in [0, 0.1) is 0 Å². The van der Waals surface area contributed by atoms with Gasteiger partial charge in [0.25, 0.3) is 0 Å². The molecule has 1 rings (SSSR count). The highest BCUT2D eigenvalue weighted by Crippen LogP contribution is 2.23. The zero-order chi connectivity index (χ0) is 22.6. The van der Waals surface area contributed by atoms with Crippen LogP contribution in [0.3, 0.4) is 0 Å². The molecule has 30 heavy (non-hydrogen) atoms. The van der Waals surface area contributed by atoms with Gasteiger partial charge < -0.3 is 44.6 Å². The second kappa shape index (κ2) is 19.6. The molecule has 0 aromatic carbocycles. The Morgan fingerprint density at radius 2 is 1.43 bits per heavy atom. The van der Waals surface area contributed by atoms with Crippen LogP contribution < -0.4 is 11.5 Å². The van der Waals surface area contributed by atoms with Crippen LogP contribution >= 0.6 is 0 Å². The van der Waals surface area contributed by atoms with Crippen LogP contribution in [-0.4, -0.2) is 96.9 Å². The Bertz CT molecular complexity index is 440. The summed E-state index contributed by atoms with van der Waals surface area (Å²) in [5.41, 5.74) is 9.81. The lowest BCUT2D eigenvalue weighted by Gasteiger charge is -2.34. The van der Waals surface area contributed by atoms with Crippen LogP contribution in [0.2, 0.25) is 0 Å². The molecule has 0 aromatic heterocycles. The van der Waals surface area contributed by atoms with E-state index in [4.69, 9.17) is 38.9 Å². The Labute approximate surface area is 178 Å². The number of carbonyl (C=O) groups is 2. The smallest absolute Gasteiger partial charge is 0.302 e. The normalized spacial score (nSPS) is 20.8. The predicted molar refractivity (Wildman–Crippen MR) is 108 cm³/mol. The molecule has 1 aliphatic heterocycles. The summed E-state index contributed by atoms with van der Waals surface area (Å²) in [6.07, 6.45) is -0.411. The number of ether oxygens (including phenoxy) is 7. The lowest BCUT2D eigenvalue weighted by Crippen LogP contribution is -2.41. The van der Waals surface area contributed by atoms with E-state index in [1.54, 1.807) is 0 Å². The molecule has 0 spiro atoms. The molecule has 0 aromatic rings. The number of esters is 2. The van der Waals surface area contributed by atoms with Crippen molar-refractivity contribution >= 4 is 11.9 Å². The van der Waals surface area contributed by atoms with Crippen LogP contribution in [-0.2, 0) is 42.7 Å². The maximum Gasteiger partial charge on any atom is 0.302 e. The van der Waals surface area contributed by atoms with E-state index in [-0.39, 0.29) is 24.8 Å². The van der Waals surface area contributed by atoms with E-state index in [9.17, 15) is 9.59 Å². The molecule has 3 atom stereocenters. The maximum atomic E-state index is 11.2. The molecule has 1 fully saturated rings. The van der Waals surface area contributed by atoms with Gasteiger partial charge in [-0.3, -0.25) is 9.59 Å². The summed E-state index contributed by atoms with van der Waals surface area (Å²) < 4.78 is 37.6. The molecule has 0 bridgehead atoms. The van der Waals surface area contributed by atoms with E-state index in [2.05, 4.69) is 5.73 Å². The van der Waals surface area contributed by atoms with Gasteiger partial charge in [-0.1, -0.05) is 0 Å². The summed E-state index contributed by atoms with van der Waals surface area (Å²) in [6, 6.07) is 0. The molecule has 11 heteroatoms. The van der Waals surface area contributed by atoms with Crippen molar-refractivity contribution in [3.8, 4) is 0 Å². The first kappa shape index (κ1) is 28.7. The molecule has 1 heterocycles. The minimum absolute atomic E-state index is 0.0930. The van der Waals surface area contributed by atoms with Crippen molar-refractivity contribution in [1.82, 2.24) is 0 Å². The van der Waals surface area contributed by atoms with Gasteiger partial charge in [0.1, 0.15) is 12.7 Å². The third kappa shape index (κ3) is 16.5. The van der Waals surface area contributed by atoms with Crippen molar-refractivity contribution < 1.29 is 42.7 Å². The first-order valence-electron chi connectivity index (χ1n) is 10.1. The van der Waals surface area contributed by atoms with Crippen molar-refractivity contribution in [2.75, 3.05) is 66.4 Å². The maximum absolute atomic E-state index is 11.2. The minimum atomic E-state index is -0.557. The van der Waals surface area contributed by atoms with E-state index < -0.39 is 12.3 Å². The first-order valence-corrected chi connectivity index (χ1v) is 10.1. The van der Waals surface area contributed by atoms with Crippen molar-refractivity contribution in [1.29, 1.82) is 0 Å². The Balaban J connectivity index is 0.00000407. The van der Waals surface area contributed by atoms with Crippen molar-refractivity contribution in [2.45, 2.75) is 45.2 Å². The molecule has 3 unspecified atom stereocenters. The van der Waals surface area contributed by atoms with Crippen LogP contribution in [0.15, 0.2) is 0 Å². The fourth-order valence-corrected chi connectivity index (χ4v) is 2.55. The standard InChI is InChI=1S/C18H33NO9.CH5N/c1-14(20)26-13-17-11-16(27-15(2)21)12-18(28-17)25-10-9-24-8-7-23-6-5-22-4-3-19;1-2/h16-18H,3-13,19H2,1-2H3;2H2,1H3. The van der Waals surface area contributed by atoms with Gasteiger partial charge in [0.15, 0.2) is 6.29 Å². The van der Waals surface area contributed by atoms with Gasteiger partial charge in [-0.05, 0) is 7.05 Å². The van der Waals surface area contributed by atoms with Crippen molar-refractivity contribution in [3.63, 3.8) is 0 Å². The van der Waals surface area contributed by atoms with Gasteiger partial charge in [-0.15, -0.1) is 0 Å². The van der Waals surface area contributed by atoms with E-state index in [0.29, 0.717) is 65.6 Å². The predicted octanol–water partition coefficient (Wildman–Crippen LogP) is -0.414. The van der Waals surface area contributed by atoms with E-state index in [0.717, 1.165) is 0 Å². The number of rotatable bonds is 15. The molecule has 11 nitrogen and oxygen atoms in total. The van der Waals surface area contributed by atoms with Gasteiger partial charge in [-0.25, -0.2) is 0 Å². The summed E-state index contributed by atoms with van der Waals surface area (Å²) in [4.78, 5) is 22.2. The highest BCUT2D eigenvalue weighted by Gasteiger charge is 2.32. The van der Waals surface area contributed by atoms with Crippen molar-refractivity contribution in [3.05, 3.63) is 0 Å². The molecular weight excluding hydrogens is 400 g/mol. The van der Waals surface area contributed by atoms with E-state index >= 15 is 0 Å². The number of carbonyl (C=O) groups excluding carboxylic acids is 2. The molecule has 178 valence electrons. The lowest BCUT2D eigenvalue weighted by molar-refractivity contribution is -0.232. The summed E-state index contributed by atoms with van der Waals surface area (Å²) >= 11 is 0. The Hall–Kier alpha value is -1.34. The topological polar surface area (TPSA) is 151 Å². The lowest BCUT2D eigenvalue weighted by atomic mass is 10.1. The zero-order valence-electron chi connectivity index (χ0n) is 18.3. The second-order valence-corrected chi connectivity index (χ2v) is 6.19. The SMILES string of the molecule is CC(=O)OCC1CC(OC(C)=O)CC(OCCOCCOCCOCCN)O1.CN. The summed E-state index contributed by atoms with van der Waals surface area (Å²) in [5, 5.41) is 0. The van der Waals surface area contributed by atoms with Crippen LogP contribution in [0.5, 0.6) is 0 Å². The average Bonchev–Trinajstić information content (AvgIpc) is 2.71. The molecule has 0 saturated carbocycles. The van der Waals surface area contributed by atoms with Gasteiger partial charge in [0, 0.05) is 33.2 Å². The highest BCUT2D eigenvalue weighted by atomic mass is 16.7. The number of nitrogens with two attached hydrogens (primary N) is 2. The fourth-order valence-electron chi connectivity index (χ4n) is 2.55. The molecule has 1 saturated heterocycles. The summed E-state index contributed by atoms with van der Waals surface area (Å²) in [5.74, 6) is -0.758. The summed E-state index contributed by atoms with van der Waals surface area (Å²) in [7, 11) is 1.50. The molecule has 0 amide bonds. The van der Waals surface area contributed by atoms with Gasteiger partial charge in [0.05, 0.1) is 52.4 Å². The van der Waals surface area contributed by atoms with Gasteiger partial charge >= 0.3 is 11.9 Å². The van der Waals surface area contributed by atoms with E-state index in [1.807, 2.05) is 0 Å². The van der Waals surface area contributed by atoms with Crippen molar-refractivity contribution in [2.24, 2.45) is 11.5 Å². The Morgan fingerprint density at radius 3 is 1.97 bits per heavy atom. The average molecular weight is 439 g/mol. The fraction of sp³-hybridized carbons (Fsp3) is 0.895. The number of hydrogen-bond acceptors (Lipinski definition) is 11. The second-order valence-electron chi connectivity index (χ2n) is 6.19. The van der Waals surface area contributed by atoms with Crippen LogP contribution in [0.4, 0.5) is 0 Å². The van der Waals surface area contributed by atoms with Gasteiger partial charge in [-0.2, -0.15) is 0 Å². The minimum Gasteiger partial charge on any atom is -0.463 e. The molecule has 1 aliphatic rings. The first-order chi connectivity index (χ1) is 14.5. The van der Waals surface area contributed by atoms with Crippen LogP contribution in [0.1, 0.15) is 26.7 Å². The quantitative estimate of drug-likeness (QED) is 0.253. The Morgan fingerprint density at radius 1 is 0.867 bits per heavy atom. The Kier molecular flexibility index (Phi) is 18.7. The molecule has 0 radical (unpaired) electrons. The third-order valence-corrected chi connectivity index (χ3v) is 3.67. The number of hydrogen-bond donors (Lipinski definition) is 2.